The first-order chi connectivity index (χ1) is 10.2. The normalized spacial score (nSPS) is 49.1. The van der Waals surface area contributed by atoms with Gasteiger partial charge in [-0.25, -0.2) is 0 Å². The Morgan fingerprint density at radius 1 is 1.14 bits per heavy atom. The topological polar surface area (TPSA) is 37.3 Å². The lowest BCUT2D eigenvalue weighted by Gasteiger charge is -2.54. The lowest BCUT2D eigenvalue weighted by atomic mass is 9.52. The first-order valence-corrected chi connectivity index (χ1v) is 10.2. The van der Waals surface area contributed by atoms with Gasteiger partial charge < -0.3 is 5.11 Å². The van der Waals surface area contributed by atoms with Crippen LogP contribution in [0.15, 0.2) is 11.6 Å². The van der Waals surface area contributed by atoms with Crippen LogP contribution >= 0.6 is 22.6 Å². The molecule has 4 unspecified atom stereocenters. The molecule has 6 atom stereocenters. The summed E-state index contributed by atoms with van der Waals surface area (Å²) in [6.45, 7) is 0. The van der Waals surface area contributed by atoms with Gasteiger partial charge >= 0.3 is 0 Å². The molecule has 3 heteroatoms. The predicted molar refractivity (Wildman–Crippen MR) is 91.3 cm³/mol. The molecule has 0 radical (unpaired) electrons. The Hall–Kier alpha value is 0.1000. The number of hydrogen-bond donors (Lipinski definition) is 1. The minimum absolute atomic E-state index is 0.0646. The number of aliphatic hydroxyl groups is 1. The number of carbonyl (C=O) groups is 1. The summed E-state index contributed by atoms with van der Waals surface area (Å²) in [4.78, 5) is 11.7. The maximum atomic E-state index is 11.7. The van der Waals surface area contributed by atoms with E-state index >= 15 is 0 Å². The van der Waals surface area contributed by atoms with Crippen molar-refractivity contribution in [1.29, 1.82) is 0 Å². The maximum absolute atomic E-state index is 11.7. The van der Waals surface area contributed by atoms with Gasteiger partial charge in [0.05, 0.1) is 6.10 Å². The molecule has 0 aromatic heterocycles. The number of alkyl halides is 1. The second kappa shape index (κ2) is 5.33. The van der Waals surface area contributed by atoms with Crippen molar-refractivity contribution in [3.05, 3.63) is 11.6 Å². The molecule has 1 N–H and O–H groups in total. The van der Waals surface area contributed by atoms with Crippen LogP contribution < -0.4 is 0 Å². The van der Waals surface area contributed by atoms with Gasteiger partial charge in [-0.15, -0.1) is 0 Å². The van der Waals surface area contributed by atoms with E-state index in [2.05, 4.69) is 22.6 Å². The highest BCUT2D eigenvalue weighted by Crippen LogP contribution is 2.62. The summed E-state index contributed by atoms with van der Waals surface area (Å²) >= 11 is 2.52. The Morgan fingerprint density at radius 2 is 2.00 bits per heavy atom. The van der Waals surface area contributed by atoms with Crippen molar-refractivity contribution in [2.75, 3.05) is 4.43 Å². The fourth-order valence-corrected chi connectivity index (χ4v) is 7.67. The smallest absolute Gasteiger partial charge is 0.155 e. The first-order valence-electron chi connectivity index (χ1n) is 8.63. The Labute approximate surface area is 140 Å². The van der Waals surface area contributed by atoms with Gasteiger partial charge in [0.25, 0.3) is 0 Å². The molecular formula is C18H25IO2. The number of aliphatic hydroxyl groups excluding tert-OH is 1. The molecule has 0 aromatic carbocycles. The molecule has 2 nitrogen and oxygen atoms in total. The monoisotopic (exact) mass is 400 g/mol. The highest BCUT2D eigenvalue weighted by Gasteiger charge is 2.57. The molecule has 3 saturated carbocycles. The van der Waals surface area contributed by atoms with Crippen molar-refractivity contribution in [3.63, 3.8) is 0 Å². The molecule has 0 aliphatic heterocycles. The van der Waals surface area contributed by atoms with Crippen LogP contribution in [0.25, 0.3) is 0 Å². The molecule has 21 heavy (non-hydrogen) atoms. The van der Waals surface area contributed by atoms with Crippen LogP contribution in [0.5, 0.6) is 0 Å². The minimum atomic E-state index is -0.0646. The summed E-state index contributed by atoms with van der Waals surface area (Å²) < 4.78 is 1.12. The zero-order valence-corrected chi connectivity index (χ0v) is 14.7. The van der Waals surface area contributed by atoms with Gasteiger partial charge in [-0.2, -0.15) is 0 Å². The largest absolute Gasteiger partial charge is 0.393 e. The fraction of sp³-hybridized carbons (Fsp3) is 0.833. The molecule has 4 aliphatic carbocycles. The zero-order valence-electron chi connectivity index (χ0n) is 12.6. The molecular weight excluding hydrogens is 375 g/mol. The van der Waals surface area contributed by atoms with Crippen molar-refractivity contribution in [1.82, 2.24) is 0 Å². The second-order valence-electron chi connectivity index (χ2n) is 7.80. The summed E-state index contributed by atoms with van der Waals surface area (Å²) in [5, 5.41) is 10.6. The molecule has 0 heterocycles. The van der Waals surface area contributed by atoms with Crippen LogP contribution in [-0.2, 0) is 4.79 Å². The third-order valence-corrected chi connectivity index (χ3v) is 8.64. The highest BCUT2D eigenvalue weighted by molar-refractivity contribution is 14.1. The van der Waals surface area contributed by atoms with E-state index in [0.717, 1.165) is 47.9 Å². The van der Waals surface area contributed by atoms with E-state index in [4.69, 9.17) is 0 Å². The maximum Gasteiger partial charge on any atom is 0.155 e. The van der Waals surface area contributed by atoms with Crippen LogP contribution in [0.3, 0.4) is 0 Å². The van der Waals surface area contributed by atoms with Crippen LogP contribution in [-0.4, -0.2) is 21.4 Å². The number of hydrogen-bond acceptors (Lipinski definition) is 2. The molecule has 4 aliphatic rings. The molecule has 4 rings (SSSR count). The Kier molecular flexibility index (Phi) is 3.72. The van der Waals surface area contributed by atoms with Crippen molar-refractivity contribution >= 4 is 28.4 Å². The van der Waals surface area contributed by atoms with Crippen molar-refractivity contribution in [2.45, 2.75) is 57.5 Å². The summed E-state index contributed by atoms with van der Waals surface area (Å²) in [7, 11) is 0. The average molecular weight is 400 g/mol. The van der Waals surface area contributed by atoms with E-state index in [1.165, 1.54) is 31.3 Å². The summed E-state index contributed by atoms with van der Waals surface area (Å²) in [5.41, 5.74) is 1.68. The number of carbonyl (C=O) groups excluding carboxylic acids is 1. The quantitative estimate of drug-likeness (QED) is 0.536. The van der Waals surface area contributed by atoms with E-state index in [0.29, 0.717) is 11.7 Å². The average Bonchev–Trinajstić information content (AvgIpc) is 2.84. The van der Waals surface area contributed by atoms with Gasteiger partial charge in [-0.05, 0) is 74.7 Å². The Bertz CT molecular complexity index is 486. The number of halogens is 1. The lowest BCUT2D eigenvalue weighted by Crippen LogP contribution is -2.49. The lowest BCUT2D eigenvalue weighted by molar-refractivity contribution is -0.116. The van der Waals surface area contributed by atoms with Gasteiger partial charge in [0, 0.05) is 16.3 Å². The molecule has 0 saturated heterocycles. The van der Waals surface area contributed by atoms with E-state index in [1.54, 1.807) is 0 Å². The SMILES string of the molecule is O=C1C=C2CCC3C(CC[C@@]4(CI)C3CC[C@@H]4O)C2CC1. The summed E-state index contributed by atoms with van der Waals surface area (Å²) in [6.07, 6.45) is 10.9. The Balaban J connectivity index is 1.64. The van der Waals surface area contributed by atoms with Gasteiger partial charge in [0.15, 0.2) is 5.78 Å². The van der Waals surface area contributed by atoms with Crippen LogP contribution in [0.2, 0.25) is 0 Å². The van der Waals surface area contributed by atoms with E-state index in [-0.39, 0.29) is 11.5 Å². The molecule has 0 bridgehead atoms. The van der Waals surface area contributed by atoms with Crippen molar-refractivity contribution in [3.8, 4) is 0 Å². The van der Waals surface area contributed by atoms with Gasteiger partial charge in [-0.3, -0.25) is 4.79 Å². The third-order valence-electron chi connectivity index (χ3n) is 7.22. The zero-order chi connectivity index (χ0) is 14.6. The van der Waals surface area contributed by atoms with E-state index < -0.39 is 0 Å². The van der Waals surface area contributed by atoms with Gasteiger partial charge in [0.2, 0.25) is 0 Å². The van der Waals surface area contributed by atoms with E-state index in [1.807, 2.05) is 6.08 Å². The van der Waals surface area contributed by atoms with Crippen molar-refractivity contribution < 1.29 is 9.90 Å². The predicted octanol–water partition coefficient (Wildman–Crippen LogP) is 3.90. The van der Waals surface area contributed by atoms with Gasteiger partial charge in [0.1, 0.15) is 0 Å². The second-order valence-corrected chi connectivity index (χ2v) is 8.57. The summed E-state index contributed by atoms with van der Waals surface area (Å²) in [5.74, 6) is 3.38. The molecule has 3 fully saturated rings. The number of allylic oxidation sites excluding steroid dienone is 1. The number of rotatable bonds is 1. The molecule has 116 valence electrons. The molecule has 0 spiro atoms. The summed E-state index contributed by atoms with van der Waals surface area (Å²) in [6, 6.07) is 0. The number of fused-ring (bicyclic) bond motifs is 5. The van der Waals surface area contributed by atoms with Crippen LogP contribution in [0, 0.1) is 29.1 Å². The van der Waals surface area contributed by atoms with Crippen LogP contribution in [0.4, 0.5) is 0 Å². The highest BCUT2D eigenvalue weighted by atomic mass is 127. The fourth-order valence-electron chi connectivity index (χ4n) is 6.22. The van der Waals surface area contributed by atoms with Gasteiger partial charge in [-0.1, -0.05) is 28.2 Å². The minimum Gasteiger partial charge on any atom is -0.393 e. The van der Waals surface area contributed by atoms with Crippen molar-refractivity contribution in [2.24, 2.45) is 29.1 Å². The Morgan fingerprint density at radius 3 is 2.81 bits per heavy atom. The first kappa shape index (κ1) is 14.7. The molecule has 0 amide bonds. The van der Waals surface area contributed by atoms with E-state index in [9.17, 15) is 9.90 Å². The molecule has 0 aromatic rings. The standard InChI is InChI=1S/C18H25IO2/c19-10-18-8-7-14-13-4-2-12(20)9-11(13)1-3-15(14)16(18)5-6-17(18)21/h9,13-17,21H,1-8,10H2/t13?,14?,15?,16?,17-,18+/m0/s1. The van der Waals surface area contributed by atoms with Crippen LogP contribution in [0.1, 0.15) is 51.4 Å². The third kappa shape index (κ3) is 2.09. The number of ketones is 1.